The lowest BCUT2D eigenvalue weighted by Crippen LogP contribution is -2.27. The first-order chi connectivity index (χ1) is 9.24. The Labute approximate surface area is 116 Å². The lowest BCUT2D eigenvalue weighted by atomic mass is 10.2. The minimum absolute atomic E-state index is 0.0325. The van der Waals surface area contributed by atoms with Gasteiger partial charge >= 0.3 is 0 Å². The molecule has 0 spiro atoms. The second-order valence-corrected chi connectivity index (χ2v) is 5.18. The number of aromatic amines is 1. The van der Waals surface area contributed by atoms with Crippen molar-refractivity contribution in [2.24, 2.45) is 0 Å². The van der Waals surface area contributed by atoms with Gasteiger partial charge in [0.15, 0.2) is 0 Å². The summed E-state index contributed by atoms with van der Waals surface area (Å²) in [6.45, 7) is 2.62. The minimum Gasteiger partial charge on any atom is -0.355 e. The van der Waals surface area contributed by atoms with Gasteiger partial charge in [-0.25, -0.2) is 4.98 Å². The zero-order chi connectivity index (χ0) is 13.5. The number of benzene rings is 1. The molecule has 0 saturated carbocycles. The number of nitrogens with one attached hydrogen (secondary N) is 2. The molecule has 0 unspecified atom stereocenters. The molecule has 0 atom stereocenters. The Kier molecular flexibility index (Phi) is 4.97. The van der Waals surface area contributed by atoms with Crippen molar-refractivity contribution in [2.45, 2.75) is 18.2 Å². The maximum Gasteiger partial charge on any atom is 0.230 e. The van der Waals surface area contributed by atoms with E-state index >= 15 is 0 Å². The van der Waals surface area contributed by atoms with Crippen LogP contribution >= 0.6 is 11.8 Å². The fourth-order valence-corrected chi connectivity index (χ4v) is 2.23. The van der Waals surface area contributed by atoms with Crippen LogP contribution in [0.25, 0.3) is 0 Å². The first-order valence-corrected chi connectivity index (χ1v) is 7.03. The molecule has 1 aromatic heterocycles. The number of amides is 1. The lowest BCUT2D eigenvalue weighted by molar-refractivity contribution is -0.118. The molecule has 5 nitrogen and oxygen atoms in total. The summed E-state index contributed by atoms with van der Waals surface area (Å²) < 4.78 is 0. The van der Waals surface area contributed by atoms with Crippen molar-refractivity contribution in [2.75, 3.05) is 12.3 Å². The van der Waals surface area contributed by atoms with E-state index in [0.717, 1.165) is 10.7 Å². The van der Waals surface area contributed by atoms with E-state index in [2.05, 4.69) is 20.5 Å². The molecular weight excluding hydrogens is 260 g/mol. The van der Waals surface area contributed by atoms with Gasteiger partial charge in [-0.05, 0) is 19.1 Å². The molecule has 1 aromatic carbocycles. The van der Waals surface area contributed by atoms with E-state index in [1.165, 1.54) is 23.7 Å². The molecule has 1 amide bonds. The van der Waals surface area contributed by atoms with Gasteiger partial charge in [-0.1, -0.05) is 17.7 Å². The van der Waals surface area contributed by atoms with Gasteiger partial charge in [0.2, 0.25) is 5.91 Å². The summed E-state index contributed by atoms with van der Waals surface area (Å²) in [6.07, 6.45) is 2.13. The molecule has 19 heavy (non-hydrogen) atoms. The molecule has 2 rings (SSSR count). The smallest absolute Gasteiger partial charge is 0.230 e. The number of carbonyl (C=O) groups excluding carboxylic acids is 1. The third kappa shape index (κ3) is 4.75. The van der Waals surface area contributed by atoms with Crippen LogP contribution in [0.1, 0.15) is 11.4 Å². The lowest BCUT2D eigenvalue weighted by Gasteiger charge is -2.04. The number of rotatable bonds is 6. The van der Waals surface area contributed by atoms with E-state index in [-0.39, 0.29) is 5.91 Å². The predicted molar refractivity (Wildman–Crippen MR) is 75.0 cm³/mol. The van der Waals surface area contributed by atoms with E-state index in [4.69, 9.17) is 0 Å². The molecule has 0 fully saturated rings. The van der Waals surface area contributed by atoms with Crippen LogP contribution in [0.3, 0.4) is 0 Å². The Balaban J connectivity index is 1.65. The van der Waals surface area contributed by atoms with Crippen LogP contribution in [0.5, 0.6) is 0 Å². The summed E-state index contributed by atoms with van der Waals surface area (Å²) in [7, 11) is 0. The number of hydrogen-bond donors (Lipinski definition) is 2. The van der Waals surface area contributed by atoms with E-state index in [1.807, 2.05) is 31.2 Å². The normalized spacial score (nSPS) is 10.4. The third-order valence-electron chi connectivity index (χ3n) is 2.54. The van der Waals surface area contributed by atoms with Crippen molar-refractivity contribution in [1.29, 1.82) is 0 Å². The van der Waals surface area contributed by atoms with Crippen molar-refractivity contribution in [1.82, 2.24) is 20.5 Å². The monoisotopic (exact) mass is 276 g/mol. The number of hydrogen-bond acceptors (Lipinski definition) is 4. The van der Waals surface area contributed by atoms with Crippen LogP contribution in [0, 0.1) is 6.92 Å². The first kappa shape index (κ1) is 13.6. The third-order valence-corrected chi connectivity index (χ3v) is 3.55. The quantitative estimate of drug-likeness (QED) is 0.786. The number of carbonyl (C=O) groups is 1. The molecule has 0 saturated heterocycles. The van der Waals surface area contributed by atoms with Gasteiger partial charge in [-0.15, -0.1) is 11.8 Å². The molecule has 0 aliphatic heterocycles. The molecule has 2 N–H and O–H groups in total. The first-order valence-electron chi connectivity index (χ1n) is 6.04. The van der Waals surface area contributed by atoms with Crippen LogP contribution in [-0.2, 0) is 11.2 Å². The van der Waals surface area contributed by atoms with E-state index < -0.39 is 0 Å². The zero-order valence-corrected chi connectivity index (χ0v) is 11.5. The second-order valence-electron chi connectivity index (χ2n) is 4.13. The molecular formula is C13H16N4OS. The van der Waals surface area contributed by atoms with E-state index in [0.29, 0.717) is 18.7 Å². The van der Waals surface area contributed by atoms with Crippen LogP contribution in [0.2, 0.25) is 0 Å². The zero-order valence-electron chi connectivity index (χ0n) is 10.7. The predicted octanol–water partition coefficient (Wildman–Crippen LogP) is 1.56. The number of aromatic nitrogens is 3. The summed E-state index contributed by atoms with van der Waals surface area (Å²) in [5, 5.41) is 9.36. The number of aryl methyl sites for hydroxylation is 1. The van der Waals surface area contributed by atoms with Crippen molar-refractivity contribution in [3.63, 3.8) is 0 Å². The molecule has 1 heterocycles. The van der Waals surface area contributed by atoms with Crippen molar-refractivity contribution in [3.05, 3.63) is 42.0 Å². The highest BCUT2D eigenvalue weighted by Crippen LogP contribution is 2.17. The molecule has 0 aliphatic rings. The van der Waals surface area contributed by atoms with Gasteiger partial charge in [-0.3, -0.25) is 9.89 Å². The van der Waals surface area contributed by atoms with Gasteiger partial charge in [0.05, 0.1) is 5.75 Å². The Hall–Kier alpha value is -1.82. The molecule has 2 aromatic rings. The van der Waals surface area contributed by atoms with Crippen LogP contribution in [0.4, 0.5) is 0 Å². The van der Waals surface area contributed by atoms with Gasteiger partial charge in [-0.2, -0.15) is 5.10 Å². The summed E-state index contributed by atoms with van der Waals surface area (Å²) in [5.74, 6) is 1.25. The average molecular weight is 276 g/mol. The fraction of sp³-hybridized carbons (Fsp3) is 0.308. The van der Waals surface area contributed by atoms with Crippen molar-refractivity contribution >= 4 is 17.7 Å². The summed E-state index contributed by atoms with van der Waals surface area (Å²) in [4.78, 5) is 16.7. The standard InChI is InChI=1S/C13H16N4OS/c1-10-2-4-11(5-3-10)19-8-13(18)14-7-6-12-15-9-16-17-12/h2-5,9H,6-8H2,1H3,(H,14,18)(H,15,16,17). The average Bonchev–Trinajstić information content (AvgIpc) is 2.91. The van der Waals surface area contributed by atoms with Gasteiger partial charge in [0.25, 0.3) is 0 Å². The molecule has 0 aliphatic carbocycles. The van der Waals surface area contributed by atoms with Crippen molar-refractivity contribution in [3.8, 4) is 0 Å². The topological polar surface area (TPSA) is 70.7 Å². The van der Waals surface area contributed by atoms with Gasteiger partial charge in [0.1, 0.15) is 12.2 Å². The maximum absolute atomic E-state index is 11.6. The Bertz CT molecular complexity index is 510. The maximum atomic E-state index is 11.6. The molecule has 6 heteroatoms. The van der Waals surface area contributed by atoms with Crippen LogP contribution < -0.4 is 5.32 Å². The number of H-pyrrole nitrogens is 1. The fourth-order valence-electron chi connectivity index (χ4n) is 1.51. The number of thioether (sulfide) groups is 1. The summed E-state index contributed by atoms with van der Waals surface area (Å²) >= 11 is 1.54. The Morgan fingerprint density at radius 1 is 1.37 bits per heavy atom. The highest BCUT2D eigenvalue weighted by molar-refractivity contribution is 8.00. The highest BCUT2D eigenvalue weighted by atomic mass is 32.2. The Morgan fingerprint density at radius 2 is 2.16 bits per heavy atom. The van der Waals surface area contributed by atoms with Crippen LogP contribution in [-0.4, -0.2) is 33.4 Å². The summed E-state index contributed by atoms with van der Waals surface area (Å²) in [6, 6.07) is 8.15. The Morgan fingerprint density at radius 3 is 2.84 bits per heavy atom. The number of nitrogens with zero attached hydrogens (tertiary/aromatic N) is 2. The highest BCUT2D eigenvalue weighted by Gasteiger charge is 2.03. The van der Waals surface area contributed by atoms with E-state index in [1.54, 1.807) is 0 Å². The molecule has 100 valence electrons. The molecule has 0 bridgehead atoms. The largest absolute Gasteiger partial charge is 0.355 e. The minimum atomic E-state index is 0.0325. The van der Waals surface area contributed by atoms with Crippen LogP contribution in [0.15, 0.2) is 35.5 Å². The second kappa shape index (κ2) is 6.94. The van der Waals surface area contributed by atoms with Gasteiger partial charge in [0, 0.05) is 17.9 Å². The van der Waals surface area contributed by atoms with E-state index in [9.17, 15) is 4.79 Å². The molecule has 0 radical (unpaired) electrons. The SMILES string of the molecule is Cc1ccc(SCC(=O)NCCc2ncn[nH]2)cc1. The van der Waals surface area contributed by atoms with Crippen molar-refractivity contribution < 1.29 is 4.79 Å². The summed E-state index contributed by atoms with van der Waals surface area (Å²) in [5.41, 5.74) is 1.22. The van der Waals surface area contributed by atoms with Gasteiger partial charge < -0.3 is 5.32 Å².